The summed E-state index contributed by atoms with van der Waals surface area (Å²) in [4.78, 5) is 14.0. The molecule has 0 saturated carbocycles. The van der Waals surface area contributed by atoms with Gasteiger partial charge in [-0.3, -0.25) is 4.79 Å². The van der Waals surface area contributed by atoms with Crippen LogP contribution in [0.5, 0.6) is 0 Å². The van der Waals surface area contributed by atoms with Gasteiger partial charge in [-0.15, -0.1) is 0 Å². The largest absolute Gasteiger partial charge is 0.364 e. The zero-order chi connectivity index (χ0) is 10.3. The highest BCUT2D eigenvalue weighted by atomic mass is 79.9. The molecule has 0 bridgehead atoms. The Labute approximate surface area is 89.4 Å². The molecule has 0 aliphatic rings. The van der Waals surface area contributed by atoms with Crippen molar-refractivity contribution in [3.05, 3.63) is 33.9 Å². The zero-order valence-corrected chi connectivity index (χ0v) is 9.18. The predicted octanol–water partition coefficient (Wildman–Crippen LogP) is 2.34. The van der Waals surface area contributed by atoms with E-state index in [2.05, 4.69) is 20.9 Å². The maximum absolute atomic E-state index is 11.0. The number of nitrogens with two attached hydrogens (primary N) is 1. The number of hydrogen-bond acceptors (Lipinski definition) is 1. The lowest BCUT2D eigenvalue weighted by atomic mass is 10.2. The predicted molar refractivity (Wildman–Crippen MR) is 59.3 cm³/mol. The van der Waals surface area contributed by atoms with E-state index in [1.807, 2.05) is 25.1 Å². The van der Waals surface area contributed by atoms with Gasteiger partial charge in [0.25, 0.3) is 5.91 Å². The van der Waals surface area contributed by atoms with Gasteiger partial charge >= 0.3 is 0 Å². The SMILES string of the molecule is Cc1ccc2[nH]c(C(N)=O)c(Br)c2c1. The van der Waals surface area contributed by atoms with Crippen LogP contribution >= 0.6 is 15.9 Å². The number of H-pyrrole nitrogens is 1. The summed E-state index contributed by atoms with van der Waals surface area (Å²) in [6, 6.07) is 5.92. The van der Waals surface area contributed by atoms with E-state index in [-0.39, 0.29) is 0 Å². The molecule has 14 heavy (non-hydrogen) atoms. The first-order valence-corrected chi connectivity index (χ1v) is 4.96. The van der Waals surface area contributed by atoms with Crippen molar-refractivity contribution in [2.75, 3.05) is 0 Å². The van der Waals surface area contributed by atoms with Gasteiger partial charge in [0.05, 0.1) is 4.47 Å². The lowest BCUT2D eigenvalue weighted by Gasteiger charge is -1.92. The summed E-state index contributed by atoms with van der Waals surface area (Å²) in [5.41, 5.74) is 7.70. The molecule has 1 heterocycles. The number of aromatic nitrogens is 1. The number of amides is 1. The van der Waals surface area contributed by atoms with E-state index in [0.29, 0.717) is 5.69 Å². The molecule has 1 aromatic heterocycles. The Balaban J connectivity index is 2.80. The Morgan fingerprint density at radius 3 is 2.86 bits per heavy atom. The van der Waals surface area contributed by atoms with E-state index in [4.69, 9.17) is 5.73 Å². The summed E-state index contributed by atoms with van der Waals surface area (Å²) in [5.74, 6) is -0.453. The molecule has 0 radical (unpaired) electrons. The van der Waals surface area contributed by atoms with Crippen LogP contribution in [0.25, 0.3) is 10.9 Å². The van der Waals surface area contributed by atoms with Gasteiger partial charge in [0.15, 0.2) is 0 Å². The summed E-state index contributed by atoms with van der Waals surface area (Å²) >= 11 is 3.35. The van der Waals surface area contributed by atoms with Crippen LogP contribution in [0.4, 0.5) is 0 Å². The highest BCUT2D eigenvalue weighted by Crippen LogP contribution is 2.28. The second-order valence-electron chi connectivity index (χ2n) is 3.23. The summed E-state index contributed by atoms with van der Waals surface area (Å²) < 4.78 is 0.740. The number of nitrogens with one attached hydrogen (secondary N) is 1. The Morgan fingerprint density at radius 2 is 2.21 bits per heavy atom. The van der Waals surface area contributed by atoms with Crippen molar-refractivity contribution in [1.82, 2.24) is 4.98 Å². The van der Waals surface area contributed by atoms with Crippen molar-refractivity contribution >= 4 is 32.7 Å². The number of carbonyl (C=O) groups is 1. The molecule has 1 amide bonds. The van der Waals surface area contributed by atoms with Crippen LogP contribution in [-0.4, -0.2) is 10.9 Å². The van der Waals surface area contributed by atoms with Crippen molar-refractivity contribution < 1.29 is 4.79 Å². The van der Waals surface area contributed by atoms with Gasteiger partial charge in [-0.05, 0) is 35.0 Å². The van der Waals surface area contributed by atoms with Gasteiger partial charge in [-0.2, -0.15) is 0 Å². The highest BCUT2D eigenvalue weighted by molar-refractivity contribution is 9.10. The molecule has 0 spiro atoms. The van der Waals surface area contributed by atoms with Gasteiger partial charge < -0.3 is 10.7 Å². The van der Waals surface area contributed by atoms with E-state index in [1.165, 1.54) is 0 Å². The monoisotopic (exact) mass is 252 g/mol. The van der Waals surface area contributed by atoms with E-state index >= 15 is 0 Å². The number of primary amides is 1. The summed E-state index contributed by atoms with van der Waals surface area (Å²) in [5, 5.41) is 0.985. The fourth-order valence-electron chi connectivity index (χ4n) is 1.44. The molecule has 2 aromatic rings. The number of benzene rings is 1. The first-order valence-electron chi connectivity index (χ1n) is 4.17. The van der Waals surface area contributed by atoms with Crippen molar-refractivity contribution in [3.63, 3.8) is 0 Å². The van der Waals surface area contributed by atoms with Gasteiger partial charge in [-0.25, -0.2) is 0 Å². The number of aryl methyl sites for hydroxylation is 1. The normalized spacial score (nSPS) is 10.7. The Morgan fingerprint density at radius 1 is 1.50 bits per heavy atom. The fourth-order valence-corrected chi connectivity index (χ4v) is 2.07. The second kappa shape index (κ2) is 3.13. The molecular weight excluding hydrogens is 244 g/mol. The first kappa shape index (κ1) is 9.27. The number of fused-ring (bicyclic) bond motifs is 1. The highest BCUT2D eigenvalue weighted by Gasteiger charge is 2.12. The molecule has 3 N–H and O–H groups in total. The third-order valence-electron chi connectivity index (χ3n) is 2.14. The third-order valence-corrected chi connectivity index (χ3v) is 2.96. The molecule has 72 valence electrons. The maximum Gasteiger partial charge on any atom is 0.266 e. The number of aromatic amines is 1. The number of rotatable bonds is 1. The van der Waals surface area contributed by atoms with Crippen molar-refractivity contribution in [1.29, 1.82) is 0 Å². The number of hydrogen-bond donors (Lipinski definition) is 2. The molecule has 3 nitrogen and oxygen atoms in total. The minimum absolute atomic E-state index is 0.422. The van der Waals surface area contributed by atoms with Crippen LogP contribution in [0.3, 0.4) is 0 Å². The molecule has 0 aliphatic carbocycles. The van der Waals surface area contributed by atoms with Gasteiger partial charge in [-0.1, -0.05) is 11.6 Å². The topological polar surface area (TPSA) is 58.9 Å². The molecule has 0 atom stereocenters. The van der Waals surface area contributed by atoms with Gasteiger partial charge in [0, 0.05) is 10.9 Å². The minimum atomic E-state index is -0.453. The summed E-state index contributed by atoms with van der Waals surface area (Å²) in [6.07, 6.45) is 0. The lowest BCUT2D eigenvalue weighted by molar-refractivity contribution is 0.0995. The van der Waals surface area contributed by atoms with Crippen LogP contribution < -0.4 is 5.73 Å². The standard InChI is InChI=1S/C10H9BrN2O/c1-5-2-3-7-6(4-5)8(11)9(13-7)10(12)14/h2-4,13H,1H3,(H2,12,14). The number of carbonyl (C=O) groups excluding carboxylic acids is 1. The Kier molecular flexibility index (Phi) is 2.07. The van der Waals surface area contributed by atoms with Crippen LogP contribution in [0.1, 0.15) is 16.1 Å². The van der Waals surface area contributed by atoms with Crippen LogP contribution in [-0.2, 0) is 0 Å². The molecular formula is C10H9BrN2O. The zero-order valence-electron chi connectivity index (χ0n) is 7.60. The van der Waals surface area contributed by atoms with Crippen molar-refractivity contribution in [2.45, 2.75) is 6.92 Å². The summed E-state index contributed by atoms with van der Waals surface area (Å²) in [7, 11) is 0. The first-order chi connectivity index (χ1) is 6.59. The van der Waals surface area contributed by atoms with Gasteiger partial charge in [0.1, 0.15) is 5.69 Å². The minimum Gasteiger partial charge on any atom is -0.364 e. The van der Waals surface area contributed by atoms with Gasteiger partial charge in [0.2, 0.25) is 0 Å². The second-order valence-corrected chi connectivity index (χ2v) is 4.02. The van der Waals surface area contributed by atoms with Crippen molar-refractivity contribution in [2.24, 2.45) is 5.73 Å². The maximum atomic E-state index is 11.0. The van der Waals surface area contributed by atoms with Crippen LogP contribution in [0.15, 0.2) is 22.7 Å². The van der Waals surface area contributed by atoms with E-state index in [9.17, 15) is 4.79 Å². The molecule has 4 heteroatoms. The van der Waals surface area contributed by atoms with Crippen LogP contribution in [0.2, 0.25) is 0 Å². The Hall–Kier alpha value is -1.29. The molecule has 0 fully saturated rings. The fraction of sp³-hybridized carbons (Fsp3) is 0.100. The van der Waals surface area contributed by atoms with E-state index in [0.717, 1.165) is 20.9 Å². The van der Waals surface area contributed by atoms with Crippen LogP contribution in [0, 0.1) is 6.92 Å². The molecule has 2 rings (SSSR count). The molecule has 0 aliphatic heterocycles. The lowest BCUT2D eigenvalue weighted by Crippen LogP contribution is -2.11. The molecule has 0 unspecified atom stereocenters. The number of halogens is 1. The Bertz CT molecular complexity index is 516. The summed E-state index contributed by atoms with van der Waals surface area (Å²) in [6.45, 7) is 2.00. The average molecular weight is 253 g/mol. The van der Waals surface area contributed by atoms with E-state index < -0.39 is 5.91 Å². The molecule has 0 saturated heterocycles. The van der Waals surface area contributed by atoms with Crippen molar-refractivity contribution in [3.8, 4) is 0 Å². The third kappa shape index (κ3) is 1.32. The quantitative estimate of drug-likeness (QED) is 0.805. The smallest absolute Gasteiger partial charge is 0.266 e. The average Bonchev–Trinajstić information content (AvgIpc) is 2.44. The van der Waals surface area contributed by atoms with E-state index in [1.54, 1.807) is 0 Å². The molecule has 1 aromatic carbocycles.